The highest BCUT2D eigenvalue weighted by molar-refractivity contribution is 7.16. The Bertz CT molecular complexity index is 889. The Balaban J connectivity index is 1.64. The van der Waals surface area contributed by atoms with Crippen LogP contribution in [0.15, 0.2) is 11.2 Å². The lowest BCUT2D eigenvalue weighted by atomic mass is 9.88. The van der Waals surface area contributed by atoms with E-state index in [9.17, 15) is 4.79 Å². The summed E-state index contributed by atoms with van der Waals surface area (Å²) in [5.74, 6) is 0.756. The molecule has 0 spiro atoms. The van der Waals surface area contributed by atoms with Crippen molar-refractivity contribution in [3.63, 3.8) is 0 Å². The average molecular weight is 399 g/mol. The number of rotatable bonds is 4. The summed E-state index contributed by atoms with van der Waals surface area (Å²) in [7, 11) is 1.93. The number of fused-ring (bicyclic) bond motifs is 1. The van der Waals surface area contributed by atoms with Crippen LogP contribution in [0.25, 0.3) is 0 Å². The molecule has 0 aromatic carbocycles. The zero-order valence-corrected chi connectivity index (χ0v) is 17.9. The van der Waals surface area contributed by atoms with E-state index in [1.165, 1.54) is 29.7 Å². The average Bonchev–Trinajstić information content (AvgIpc) is 3.20. The third-order valence-corrected chi connectivity index (χ3v) is 7.42. The Morgan fingerprint density at radius 3 is 2.82 bits per heavy atom. The number of carbonyl (C=O) groups excluding carboxylic acids is 1. The third kappa shape index (κ3) is 3.93. The number of hydrogen-bond acceptors (Lipinski definition) is 4. The Morgan fingerprint density at radius 2 is 2.11 bits per heavy atom. The van der Waals surface area contributed by atoms with E-state index < -0.39 is 0 Å². The fourth-order valence-corrected chi connectivity index (χ4v) is 5.69. The molecule has 1 fully saturated rings. The number of amides is 1. The summed E-state index contributed by atoms with van der Waals surface area (Å²) in [5, 5.41) is 8.46. The second-order valence-electron chi connectivity index (χ2n) is 8.41. The van der Waals surface area contributed by atoms with Crippen LogP contribution in [0.3, 0.4) is 0 Å². The van der Waals surface area contributed by atoms with E-state index >= 15 is 0 Å². The number of aryl methyl sites for hydroxylation is 1. The molecule has 0 bridgehead atoms. The van der Waals surface area contributed by atoms with Gasteiger partial charge in [0.15, 0.2) is 0 Å². The van der Waals surface area contributed by atoms with Crippen molar-refractivity contribution in [2.24, 2.45) is 18.0 Å². The number of aromatic nitrogens is 2. The number of nitrogens with zero attached hydrogens (tertiary/aromatic N) is 3. The Morgan fingerprint density at radius 1 is 1.32 bits per heavy atom. The second-order valence-corrected chi connectivity index (χ2v) is 9.49. The summed E-state index contributed by atoms with van der Waals surface area (Å²) >= 11 is 1.70. The van der Waals surface area contributed by atoms with E-state index in [2.05, 4.69) is 17.3 Å². The quantitative estimate of drug-likeness (QED) is 0.757. The molecule has 0 unspecified atom stereocenters. The van der Waals surface area contributed by atoms with Gasteiger partial charge in [-0.25, -0.2) is 4.99 Å². The van der Waals surface area contributed by atoms with E-state index in [1.54, 1.807) is 11.3 Å². The summed E-state index contributed by atoms with van der Waals surface area (Å²) < 4.78 is 1.85. The van der Waals surface area contributed by atoms with Crippen LogP contribution in [0.1, 0.15) is 77.5 Å². The van der Waals surface area contributed by atoms with Gasteiger partial charge in [0.25, 0.3) is 5.91 Å². The van der Waals surface area contributed by atoms with Crippen molar-refractivity contribution in [2.75, 3.05) is 0 Å². The van der Waals surface area contributed by atoms with Gasteiger partial charge in [-0.2, -0.15) is 5.10 Å². The van der Waals surface area contributed by atoms with Crippen molar-refractivity contribution < 1.29 is 4.79 Å². The van der Waals surface area contributed by atoms with E-state index in [0.29, 0.717) is 12.0 Å². The van der Waals surface area contributed by atoms with Gasteiger partial charge in [-0.05, 0) is 50.5 Å². The van der Waals surface area contributed by atoms with Crippen LogP contribution in [0.5, 0.6) is 0 Å². The normalized spacial score (nSPS) is 20.5. The predicted octanol–water partition coefficient (Wildman–Crippen LogP) is 4.73. The number of carbonyl (C=O) groups is 1. The van der Waals surface area contributed by atoms with Crippen molar-refractivity contribution in [3.8, 4) is 0 Å². The first-order chi connectivity index (χ1) is 13.5. The van der Waals surface area contributed by atoms with Crippen molar-refractivity contribution >= 4 is 28.5 Å². The monoisotopic (exact) mass is 398 g/mol. The van der Waals surface area contributed by atoms with Gasteiger partial charge >= 0.3 is 0 Å². The molecule has 4 rings (SSSR count). The fourth-order valence-electron chi connectivity index (χ4n) is 4.34. The van der Waals surface area contributed by atoms with E-state index in [0.717, 1.165) is 53.9 Å². The van der Waals surface area contributed by atoms with E-state index in [-0.39, 0.29) is 5.91 Å². The lowest BCUT2D eigenvalue weighted by molar-refractivity contribution is 0.0927. The standard InChI is InChI=1S/C22H30N4OS/c1-14-9-10-18-19(11-14)28-22(23-12-16-13-24-26(3)15(16)2)20(18)21(27)25-17-7-5-4-6-8-17/h12-14,17H,4-11H2,1-3H3,(H,25,27)/t14-/m1/s1. The summed E-state index contributed by atoms with van der Waals surface area (Å²) in [5.41, 5.74) is 4.15. The predicted molar refractivity (Wildman–Crippen MR) is 115 cm³/mol. The zero-order valence-electron chi connectivity index (χ0n) is 17.1. The van der Waals surface area contributed by atoms with Gasteiger partial charge in [-0.15, -0.1) is 11.3 Å². The third-order valence-electron chi connectivity index (χ3n) is 6.25. The summed E-state index contributed by atoms with van der Waals surface area (Å²) in [4.78, 5) is 19.4. The molecule has 2 aliphatic rings. The lowest BCUT2D eigenvalue weighted by Gasteiger charge is -2.23. The van der Waals surface area contributed by atoms with Crippen molar-refractivity contribution in [3.05, 3.63) is 33.5 Å². The molecular weight excluding hydrogens is 368 g/mol. The summed E-state index contributed by atoms with van der Waals surface area (Å²) in [6.07, 6.45) is 12.8. The fraction of sp³-hybridized carbons (Fsp3) is 0.591. The molecule has 1 saturated carbocycles. The molecule has 0 saturated heterocycles. The Hall–Kier alpha value is -1.95. The van der Waals surface area contributed by atoms with Crippen LogP contribution in [0.2, 0.25) is 0 Å². The van der Waals surface area contributed by atoms with Gasteiger partial charge in [0.2, 0.25) is 0 Å². The van der Waals surface area contributed by atoms with Crippen LogP contribution in [0.4, 0.5) is 5.00 Å². The van der Waals surface area contributed by atoms with Gasteiger partial charge in [0, 0.05) is 35.4 Å². The van der Waals surface area contributed by atoms with Crippen molar-refractivity contribution in [2.45, 2.75) is 71.3 Å². The number of nitrogens with one attached hydrogen (secondary N) is 1. The molecule has 1 amide bonds. The summed E-state index contributed by atoms with van der Waals surface area (Å²) in [6, 6.07) is 0.316. The van der Waals surface area contributed by atoms with Gasteiger partial charge in [0.1, 0.15) is 5.00 Å². The molecule has 0 radical (unpaired) electrons. The molecule has 2 aliphatic carbocycles. The molecule has 1 atom stereocenters. The highest BCUT2D eigenvalue weighted by Crippen LogP contribution is 2.41. The number of aliphatic imine (C=N–C) groups is 1. The second kappa shape index (κ2) is 8.19. The van der Waals surface area contributed by atoms with Crippen molar-refractivity contribution in [1.29, 1.82) is 0 Å². The molecule has 6 heteroatoms. The maximum Gasteiger partial charge on any atom is 0.254 e. The molecule has 2 heterocycles. The van der Waals surface area contributed by atoms with Crippen LogP contribution in [-0.2, 0) is 19.9 Å². The van der Waals surface area contributed by atoms with E-state index in [1.807, 2.05) is 31.1 Å². The van der Waals surface area contributed by atoms with Gasteiger partial charge in [-0.1, -0.05) is 26.2 Å². The first kappa shape index (κ1) is 19.4. The molecule has 28 heavy (non-hydrogen) atoms. The minimum Gasteiger partial charge on any atom is -0.349 e. The number of hydrogen-bond donors (Lipinski definition) is 1. The molecule has 0 aliphatic heterocycles. The molecule has 1 N–H and O–H groups in total. The smallest absolute Gasteiger partial charge is 0.254 e. The SMILES string of the molecule is Cc1c(C=Nc2sc3c(c2C(=O)NC2CCCCC2)CC[C@@H](C)C3)cnn1C. The van der Waals surface area contributed by atoms with Gasteiger partial charge in [-0.3, -0.25) is 9.48 Å². The van der Waals surface area contributed by atoms with Crippen LogP contribution < -0.4 is 5.32 Å². The molecule has 2 aromatic heterocycles. The Kier molecular flexibility index (Phi) is 5.67. The van der Waals surface area contributed by atoms with E-state index in [4.69, 9.17) is 4.99 Å². The first-order valence-electron chi connectivity index (χ1n) is 10.5. The highest BCUT2D eigenvalue weighted by atomic mass is 32.1. The minimum atomic E-state index is 0.0778. The van der Waals surface area contributed by atoms with Gasteiger partial charge in [0.05, 0.1) is 11.8 Å². The van der Waals surface area contributed by atoms with Crippen LogP contribution >= 0.6 is 11.3 Å². The molecular formula is C22H30N4OS. The first-order valence-corrected chi connectivity index (χ1v) is 11.3. The van der Waals surface area contributed by atoms with Crippen molar-refractivity contribution in [1.82, 2.24) is 15.1 Å². The topological polar surface area (TPSA) is 59.3 Å². The van der Waals surface area contributed by atoms with Crippen LogP contribution in [0, 0.1) is 12.8 Å². The number of thiophene rings is 1. The molecule has 5 nitrogen and oxygen atoms in total. The molecule has 2 aromatic rings. The minimum absolute atomic E-state index is 0.0778. The summed E-state index contributed by atoms with van der Waals surface area (Å²) in [6.45, 7) is 4.33. The van der Waals surface area contributed by atoms with Gasteiger partial charge < -0.3 is 5.32 Å². The highest BCUT2D eigenvalue weighted by Gasteiger charge is 2.28. The lowest BCUT2D eigenvalue weighted by Crippen LogP contribution is -2.36. The maximum atomic E-state index is 13.2. The van der Waals surface area contributed by atoms with Crippen LogP contribution in [-0.4, -0.2) is 27.9 Å². The zero-order chi connectivity index (χ0) is 19.7. The maximum absolute atomic E-state index is 13.2. The molecule has 150 valence electrons. The largest absolute Gasteiger partial charge is 0.349 e. The Labute approximate surface area is 171 Å².